The van der Waals surface area contributed by atoms with Gasteiger partial charge in [0, 0.05) is 31.9 Å². The van der Waals surface area contributed by atoms with Crippen molar-refractivity contribution in [2.75, 3.05) is 26.2 Å². The Bertz CT molecular complexity index is 571. The van der Waals surface area contributed by atoms with Gasteiger partial charge >= 0.3 is 0 Å². The van der Waals surface area contributed by atoms with Gasteiger partial charge in [0.1, 0.15) is 0 Å². The van der Waals surface area contributed by atoms with Crippen LogP contribution in [0.25, 0.3) is 0 Å². The van der Waals surface area contributed by atoms with E-state index in [1.807, 2.05) is 37.8 Å². The summed E-state index contributed by atoms with van der Waals surface area (Å²) < 4.78 is 5.53. The average molecular weight is 475 g/mol. The molecule has 2 N–H and O–H groups in total. The number of guanidine groups is 1. The number of nitrogens with zero attached hydrogens (tertiary/aromatic N) is 3. The van der Waals surface area contributed by atoms with Gasteiger partial charge in [0.15, 0.2) is 5.96 Å². The van der Waals surface area contributed by atoms with Crippen LogP contribution in [0.5, 0.6) is 5.88 Å². The molecule has 0 unspecified atom stereocenters. The van der Waals surface area contributed by atoms with Gasteiger partial charge in [0.05, 0.1) is 19.2 Å². The van der Waals surface area contributed by atoms with Crippen LogP contribution < -0.4 is 15.4 Å². The summed E-state index contributed by atoms with van der Waals surface area (Å²) in [5.74, 6) is 1.38. The normalized spacial score (nSPS) is 14.2. The first-order chi connectivity index (χ1) is 12.1. The molecule has 1 aromatic rings. The number of halogens is 1. The summed E-state index contributed by atoms with van der Waals surface area (Å²) in [5, 5.41) is 6.27. The fraction of sp³-hybridized carbons (Fsp3) is 0.611. The van der Waals surface area contributed by atoms with E-state index in [9.17, 15) is 4.79 Å². The minimum atomic E-state index is 0. The highest BCUT2D eigenvalue weighted by Crippen LogP contribution is 2.10. The van der Waals surface area contributed by atoms with Gasteiger partial charge in [-0.1, -0.05) is 6.07 Å². The van der Waals surface area contributed by atoms with Crippen molar-refractivity contribution in [3.8, 4) is 5.88 Å². The fourth-order valence-corrected chi connectivity index (χ4v) is 2.57. The number of likely N-dealkylation sites (tertiary alicyclic amines) is 1. The number of amides is 1. The zero-order valence-electron chi connectivity index (χ0n) is 15.8. The standard InChI is InChI=1S/C18H29N5O2.HI/c1-4-19-18(22-13-17(24)23-9-5-6-10-23)21-12-15-7-8-16(20-11-15)25-14(2)3;/h7-8,11,14H,4-6,9-10,12-13H2,1-3H3,(H2,19,21,22);1H. The zero-order chi connectivity index (χ0) is 18.1. The van der Waals surface area contributed by atoms with E-state index in [-0.39, 0.29) is 42.5 Å². The molecule has 2 rings (SSSR count). The highest BCUT2D eigenvalue weighted by Gasteiger charge is 2.17. The van der Waals surface area contributed by atoms with Gasteiger partial charge in [0.25, 0.3) is 0 Å². The lowest BCUT2D eigenvalue weighted by Crippen LogP contribution is -2.44. The Morgan fingerprint density at radius 3 is 2.62 bits per heavy atom. The maximum absolute atomic E-state index is 12.1. The molecule has 1 aromatic heterocycles. The quantitative estimate of drug-likeness (QED) is 0.359. The van der Waals surface area contributed by atoms with Crippen LogP contribution in [0.15, 0.2) is 23.3 Å². The van der Waals surface area contributed by atoms with Crippen molar-refractivity contribution in [2.45, 2.75) is 46.3 Å². The molecule has 1 saturated heterocycles. The number of aromatic nitrogens is 1. The van der Waals surface area contributed by atoms with Crippen LogP contribution >= 0.6 is 24.0 Å². The molecule has 0 saturated carbocycles. The molecule has 26 heavy (non-hydrogen) atoms. The summed E-state index contributed by atoms with van der Waals surface area (Å²) in [5.41, 5.74) is 0.985. The zero-order valence-corrected chi connectivity index (χ0v) is 18.2. The smallest absolute Gasteiger partial charge is 0.241 e. The first-order valence-electron chi connectivity index (χ1n) is 9.00. The SMILES string of the molecule is CCNC(=NCc1ccc(OC(C)C)nc1)NCC(=O)N1CCCC1.I. The predicted molar refractivity (Wildman–Crippen MR) is 114 cm³/mol. The van der Waals surface area contributed by atoms with Crippen LogP contribution in [0.3, 0.4) is 0 Å². The lowest BCUT2D eigenvalue weighted by Gasteiger charge is -2.17. The molecule has 0 atom stereocenters. The molecule has 146 valence electrons. The van der Waals surface area contributed by atoms with Crippen molar-refractivity contribution in [2.24, 2.45) is 4.99 Å². The molecule has 2 heterocycles. The Morgan fingerprint density at radius 2 is 2.04 bits per heavy atom. The molecule has 0 aliphatic carbocycles. The molecular formula is C18H30IN5O2. The third-order valence-electron chi connectivity index (χ3n) is 3.78. The maximum Gasteiger partial charge on any atom is 0.241 e. The molecular weight excluding hydrogens is 445 g/mol. The number of rotatable bonds is 7. The van der Waals surface area contributed by atoms with Crippen LogP contribution in [0.4, 0.5) is 0 Å². The summed E-state index contributed by atoms with van der Waals surface area (Å²) in [6.45, 7) is 9.17. The monoisotopic (exact) mass is 475 g/mol. The minimum absolute atomic E-state index is 0. The third-order valence-corrected chi connectivity index (χ3v) is 3.78. The fourth-order valence-electron chi connectivity index (χ4n) is 2.57. The van der Waals surface area contributed by atoms with Crippen molar-refractivity contribution in [1.29, 1.82) is 0 Å². The highest BCUT2D eigenvalue weighted by molar-refractivity contribution is 14.0. The number of aliphatic imine (C=N–C) groups is 1. The molecule has 1 amide bonds. The van der Waals surface area contributed by atoms with Gasteiger partial charge in [-0.15, -0.1) is 24.0 Å². The van der Waals surface area contributed by atoms with Crippen LogP contribution in [0, 0.1) is 0 Å². The molecule has 8 heteroatoms. The second-order valence-electron chi connectivity index (χ2n) is 6.31. The van der Waals surface area contributed by atoms with Crippen molar-refractivity contribution in [1.82, 2.24) is 20.5 Å². The summed E-state index contributed by atoms with van der Waals surface area (Å²) >= 11 is 0. The van der Waals surface area contributed by atoms with Crippen LogP contribution in [0.2, 0.25) is 0 Å². The van der Waals surface area contributed by atoms with Crippen molar-refractivity contribution >= 4 is 35.8 Å². The second-order valence-corrected chi connectivity index (χ2v) is 6.31. The largest absolute Gasteiger partial charge is 0.475 e. The van der Waals surface area contributed by atoms with Gasteiger partial charge in [-0.05, 0) is 39.2 Å². The van der Waals surface area contributed by atoms with Gasteiger partial charge in [-0.25, -0.2) is 9.98 Å². The highest BCUT2D eigenvalue weighted by atomic mass is 127. The molecule has 0 radical (unpaired) electrons. The Kier molecular flexibility index (Phi) is 10.3. The second kappa shape index (κ2) is 11.9. The van der Waals surface area contributed by atoms with Crippen molar-refractivity contribution < 1.29 is 9.53 Å². The summed E-state index contributed by atoms with van der Waals surface area (Å²) in [6, 6.07) is 3.80. The Balaban J connectivity index is 0.00000338. The van der Waals surface area contributed by atoms with E-state index in [1.54, 1.807) is 6.20 Å². The third kappa shape index (κ3) is 7.76. The molecule has 1 aliphatic rings. The van der Waals surface area contributed by atoms with Crippen LogP contribution in [-0.4, -0.2) is 54.0 Å². The van der Waals surface area contributed by atoms with E-state index in [1.165, 1.54) is 0 Å². The molecule has 0 aromatic carbocycles. The van der Waals surface area contributed by atoms with E-state index >= 15 is 0 Å². The molecule has 7 nitrogen and oxygen atoms in total. The number of carbonyl (C=O) groups excluding carboxylic acids is 1. The van der Waals surface area contributed by atoms with E-state index < -0.39 is 0 Å². The van der Waals surface area contributed by atoms with Crippen LogP contribution in [0.1, 0.15) is 39.2 Å². The minimum Gasteiger partial charge on any atom is -0.475 e. The van der Waals surface area contributed by atoms with Crippen molar-refractivity contribution in [3.05, 3.63) is 23.9 Å². The molecule has 1 aliphatic heterocycles. The summed E-state index contributed by atoms with van der Waals surface area (Å²) in [7, 11) is 0. The molecule has 1 fully saturated rings. The Morgan fingerprint density at radius 1 is 1.31 bits per heavy atom. The predicted octanol–water partition coefficient (Wildman–Crippen LogP) is 2.16. The Hall–Kier alpha value is -1.58. The first kappa shape index (κ1) is 22.5. The topological polar surface area (TPSA) is 78.9 Å². The van der Waals surface area contributed by atoms with E-state index in [0.29, 0.717) is 18.4 Å². The van der Waals surface area contributed by atoms with Crippen LogP contribution in [-0.2, 0) is 11.3 Å². The number of ether oxygens (including phenoxy) is 1. The number of nitrogens with one attached hydrogen (secondary N) is 2. The molecule has 0 bridgehead atoms. The number of hydrogen-bond donors (Lipinski definition) is 2. The summed E-state index contributed by atoms with van der Waals surface area (Å²) in [4.78, 5) is 22.8. The van der Waals surface area contributed by atoms with Gasteiger partial charge in [-0.2, -0.15) is 0 Å². The summed E-state index contributed by atoms with van der Waals surface area (Å²) in [6.07, 6.45) is 4.07. The van der Waals surface area contributed by atoms with Gasteiger partial charge < -0.3 is 20.3 Å². The van der Waals surface area contributed by atoms with Crippen molar-refractivity contribution in [3.63, 3.8) is 0 Å². The average Bonchev–Trinajstić information content (AvgIpc) is 3.12. The molecule has 0 spiro atoms. The van der Waals surface area contributed by atoms with Gasteiger partial charge in [-0.3, -0.25) is 4.79 Å². The van der Waals surface area contributed by atoms with E-state index in [0.717, 1.165) is 38.0 Å². The van der Waals surface area contributed by atoms with E-state index in [2.05, 4.69) is 20.6 Å². The maximum atomic E-state index is 12.1. The number of pyridine rings is 1. The number of hydrogen-bond acceptors (Lipinski definition) is 4. The lowest BCUT2D eigenvalue weighted by atomic mass is 10.3. The lowest BCUT2D eigenvalue weighted by molar-refractivity contribution is -0.128. The Labute approximate surface area is 173 Å². The number of carbonyl (C=O) groups is 1. The first-order valence-corrected chi connectivity index (χ1v) is 9.00. The van der Waals surface area contributed by atoms with E-state index in [4.69, 9.17) is 4.74 Å². The van der Waals surface area contributed by atoms with Gasteiger partial charge in [0.2, 0.25) is 11.8 Å².